The van der Waals surface area contributed by atoms with Gasteiger partial charge >= 0.3 is 0 Å². The van der Waals surface area contributed by atoms with Crippen LogP contribution in [0.4, 0.5) is 0 Å². The lowest BCUT2D eigenvalue weighted by atomic mass is 10.3. The van der Waals surface area contributed by atoms with Crippen LogP contribution in [0.1, 0.15) is 6.92 Å². The normalized spacial score (nSPS) is 13.9. The van der Waals surface area contributed by atoms with Crippen LogP contribution in [0.3, 0.4) is 0 Å². The van der Waals surface area contributed by atoms with Gasteiger partial charge < -0.3 is 4.57 Å². The number of para-hydroxylation sites is 1. The van der Waals surface area contributed by atoms with Crippen molar-refractivity contribution in [2.45, 2.75) is 17.2 Å². The quantitative estimate of drug-likeness (QED) is 0.642. The van der Waals surface area contributed by atoms with Crippen LogP contribution in [-0.4, -0.2) is 24.9 Å². The first kappa shape index (κ1) is 17.8. The second-order valence-electron chi connectivity index (χ2n) is 5.27. The zero-order valence-corrected chi connectivity index (χ0v) is 15.9. The molecule has 0 spiro atoms. The molecule has 0 aliphatic heterocycles. The Morgan fingerprint density at radius 3 is 2.68 bits per heavy atom. The molecule has 0 aliphatic carbocycles. The number of aromatic nitrogens is 1. The Hall–Kier alpha value is -2.01. The molecule has 0 saturated heterocycles. The van der Waals surface area contributed by atoms with Gasteiger partial charge in [-0.2, -0.15) is 4.72 Å². The summed E-state index contributed by atoms with van der Waals surface area (Å²) >= 11 is 2.52. The van der Waals surface area contributed by atoms with E-state index in [0.29, 0.717) is 4.80 Å². The van der Waals surface area contributed by atoms with Crippen molar-refractivity contribution < 1.29 is 13.2 Å². The highest BCUT2D eigenvalue weighted by Gasteiger charge is 2.22. The number of thiazole rings is 1. The molecule has 0 bridgehead atoms. The van der Waals surface area contributed by atoms with Crippen molar-refractivity contribution in [3.8, 4) is 0 Å². The number of carbonyl (C=O) groups excluding carboxylic acids is 1. The molecule has 7 nitrogen and oxygen atoms in total. The lowest BCUT2D eigenvalue weighted by Gasteiger charge is -2.11. The zero-order valence-electron chi connectivity index (χ0n) is 13.5. The number of hydrogen-bond acceptors (Lipinski definition) is 6. The van der Waals surface area contributed by atoms with Crippen molar-refractivity contribution in [1.82, 2.24) is 14.7 Å². The molecular formula is C15H16N4O3S3. The second-order valence-corrected chi connectivity index (χ2v) is 9.17. The van der Waals surface area contributed by atoms with E-state index < -0.39 is 22.0 Å². The zero-order chi connectivity index (χ0) is 18.0. The van der Waals surface area contributed by atoms with Gasteiger partial charge in [-0.25, -0.2) is 13.8 Å². The summed E-state index contributed by atoms with van der Waals surface area (Å²) in [6, 6.07) is 9.97. The fraction of sp³-hybridized carbons (Fsp3) is 0.200. The van der Waals surface area contributed by atoms with Crippen LogP contribution in [0.25, 0.3) is 10.2 Å². The molecule has 3 aromatic rings. The largest absolute Gasteiger partial charge is 0.318 e. The highest BCUT2D eigenvalue weighted by atomic mass is 32.2. The molecule has 2 N–H and O–H groups in total. The van der Waals surface area contributed by atoms with Gasteiger partial charge in [0.1, 0.15) is 4.21 Å². The first-order valence-corrected chi connectivity index (χ1v) is 10.5. The monoisotopic (exact) mass is 396 g/mol. The first-order chi connectivity index (χ1) is 11.9. The molecule has 0 saturated carbocycles. The molecule has 132 valence electrons. The van der Waals surface area contributed by atoms with Gasteiger partial charge in [-0.3, -0.25) is 4.79 Å². The Balaban J connectivity index is 1.74. The predicted octanol–water partition coefficient (Wildman–Crippen LogP) is 1.60. The predicted molar refractivity (Wildman–Crippen MR) is 98.6 cm³/mol. The number of rotatable bonds is 5. The minimum absolute atomic E-state index is 0.167. The van der Waals surface area contributed by atoms with Crippen molar-refractivity contribution in [2.75, 3.05) is 0 Å². The fourth-order valence-electron chi connectivity index (χ4n) is 2.15. The number of thiophene rings is 1. The topological polar surface area (TPSA) is 92.6 Å². The van der Waals surface area contributed by atoms with Gasteiger partial charge in [0, 0.05) is 7.05 Å². The number of benzene rings is 1. The lowest BCUT2D eigenvalue weighted by molar-refractivity contribution is -0.122. The van der Waals surface area contributed by atoms with Gasteiger partial charge in [0.05, 0.1) is 16.3 Å². The van der Waals surface area contributed by atoms with Crippen LogP contribution in [0, 0.1) is 0 Å². The molecule has 2 aromatic heterocycles. The number of fused-ring (bicyclic) bond motifs is 1. The summed E-state index contributed by atoms with van der Waals surface area (Å²) < 4.78 is 29.7. The summed E-state index contributed by atoms with van der Waals surface area (Å²) in [6.45, 7) is 1.47. The SMILES string of the molecule is CC(NS(=O)(=O)c1cccs1)C(=O)N/N=c1\sc2ccccc2n1C. The average Bonchev–Trinajstić information content (AvgIpc) is 3.22. The van der Waals surface area contributed by atoms with Gasteiger partial charge in [-0.1, -0.05) is 29.5 Å². The third kappa shape index (κ3) is 3.82. The minimum atomic E-state index is -3.71. The van der Waals surface area contributed by atoms with E-state index in [0.717, 1.165) is 21.6 Å². The Morgan fingerprint density at radius 1 is 1.24 bits per heavy atom. The summed E-state index contributed by atoms with van der Waals surface area (Å²) in [6.07, 6.45) is 0. The third-order valence-corrected chi connectivity index (χ3v) is 7.51. The molecule has 1 atom stereocenters. The number of hydrogen-bond donors (Lipinski definition) is 2. The summed E-state index contributed by atoms with van der Waals surface area (Å²) in [5, 5.41) is 5.77. The maximum Gasteiger partial charge on any atom is 0.258 e. The highest BCUT2D eigenvalue weighted by Crippen LogP contribution is 2.16. The highest BCUT2D eigenvalue weighted by molar-refractivity contribution is 7.91. The average molecular weight is 397 g/mol. The maximum absolute atomic E-state index is 12.2. The lowest BCUT2D eigenvalue weighted by Crippen LogP contribution is -2.43. The van der Waals surface area contributed by atoms with E-state index in [2.05, 4.69) is 15.2 Å². The summed E-state index contributed by atoms with van der Waals surface area (Å²) in [5.41, 5.74) is 3.43. The molecule has 1 unspecified atom stereocenters. The van der Waals surface area contributed by atoms with E-state index in [9.17, 15) is 13.2 Å². The molecule has 1 aromatic carbocycles. The molecule has 3 rings (SSSR count). The molecule has 2 heterocycles. The van der Waals surface area contributed by atoms with Crippen LogP contribution in [0.15, 0.2) is 51.1 Å². The number of nitrogens with one attached hydrogen (secondary N) is 2. The van der Waals surface area contributed by atoms with E-state index in [1.165, 1.54) is 24.3 Å². The molecule has 1 amide bonds. The standard InChI is InChI=1S/C15H16N4O3S3/c1-10(18-25(21,22)13-8-5-9-23-13)14(20)16-17-15-19(2)11-6-3-4-7-12(11)24-15/h3-10,18H,1-2H3,(H,16,20)/b17-15-. The summed E-state index contributed by atoms with van der Waals surface area (Å²) in [4.78, 5) is 12.8. The Kier molecular flexibility index (Phi) is 5.04. The Labute approximate surface area is 152 Å². The first-order valence-electron chi connectivity index (χ1n) is 7.32. The number of sulfonamides is 1. The van der Waals surface area contributed by atoms with Crippen molar-refractivity contribution >= 4 is 48.8 Å². The molecule has 0 aliphatic rings. The smallest absolute Gasteiger partial charge is 0.258 e. The molecule has 10 heteroatoms. The van der Waals surface area contributed by atoms with Crippen molar-refractivity contribution in [2.24, 2.45) is 12.1 Å². The van der Waals surface area contributed by atoms with Crippen LogP contribution in [0.2, 0.25) is 0 Å². The Bertz CT molecular complexity index is 1070. The minimum Gasteiger partial charge on any atom is -0.318 e. The maximum atomic E-state index is 12.2. The van der Waals surface area contributed by atoms with Gasteiger partial charge in [-0.15, -0.1) is 16.4 Å². The Morgan fingerprint density at radius 2 is 2.00 bits per heavy atom. The van der Waals surface area contributed by atoms with E-state index >= 15 is 0 Å². The van der Waals surface area contributed by atoms with Crippen molar-refractivity contribution in [1.29, 1.82) is 0 Å². The van der Waals surface area contributed by atoms with E-state index in [1.54, 1.807) is 11.4 Å². The fourth-order valence-corrected chi connectivity index (χ4v) is 5.34. The van der Waals surface area contributed by atoms with Gasteiger partial charge in [0.2, 0.25) is 4.80 Å². The molecule has 25 heavy (non-hydrogen) atoms. The number of aryl methyl sites for hydroxylation is 1. The van der Waals surface area contributed by atoms with Crippen LogP contribution >= 0.6 is 22.7 Å². The molecular weight excluding hydrogens is 380 g/mol. The van der Waals surface area contributed by atoms with Crippen molar-refractivity contribution in [3.63, 3.8) is 0 Å². The molecule has 0 fully saturated rings. The van der Waals surface area contributed by atoms with Crippen LogP contribution in [0.5, 0.6) is 0 Å². The van der Waals surface area contributed by atoms with Gasteiger partial charge in [0.25, 0.3) is 15.9 Å². The van der Waals surface area contributed by atoms with Crippen LogP contribution in [-0.2, 0) is 21.9 Å². The number of nitrogens with zero attached hydrogens (tertiary/aromatic N) is 2. The van der Waals surface area contributed by atoms with Gasteiger partial charge in [0.15, 0.2) is 0 Å². The summed E-state index contributed by atoms with van der Waals surface area (Å²) in [7, 11) is -1.86. The van der Waals surface area contributed by atoms with Crippen LogP contribution < -0.4 is 14.9 Å². The van der Waals surface area contributed by atoms with Gasteiger partial charge in [-0.05, 0) is 30.5 Å². The molecule has 0 radical (unpaired) electrons. The third-order valence-electron chi connectivity index (χ3n) is 3.46. The number of carbonyl (C=O) groups is 1. The summed E-state index contributed by atoms with van der Waals surface area (Å²) in [5.74, 6) is -0.530. The second kappa shape index (κ2) is 7.08. The van der Waals surface area contributed by atoms with E-state index in [-0.39, 0.29) is 4.21 Å². The van der Waals surface area contributed by atoms with E-state index in [4.69, 9.17) is 0 Å². The number of amides is 1. The van der Waals surface area contributed by atoms with Crippen molar-refractivity contribution in [3.05, 3.63) is 46.6 Å². The van der Waals surface area contributed by atoms with E-state index in [1.807, 2.05) is 35.9 Å².